The van der Waals surface area contributed by atoms with E-state index in [1.165, 1.54) is 13.0 Å². The Bertz CT molecular complexity index is 398. The van der Waals surface area contributed by atoms with Gasteiger partial charge < -0.3 is 20.3 Å². The molecule has 0 saturated carbocycles. The first-order valence-electron chi connectivity index (χ1n) is 5.15. The lowest BCUT2D eigenvalue weighted by Crippen LogP contribution is -2.52. The smallest absolute Gasteiger partial charge is 0.263 e. The lowest BCUT2D eigenvalue weighted by molar-refractivity contribution is -0.153. The molecule has 3 N–H and O–H groups in total. The molecular weight excluding hydrogens is 246 g/mol. The Labute approximate surface area is 103 Å². The summed E-state index contributed by atoms with van der Waals surface area (Å²) in [4.78, 5) is 23.2. The van der Waals surface area contributed by atoms with E-state index in [4.69, 9.17) is 4.74 Å². The molecule has 0 aromatic carbocycles. The molecule has 0 spiro atoms. The van der Waals surface area contributed by atoms with Crippen LogP contribution in [0.5, 0.6) is 0 Å². The molecular formula is C10H13NO5S. The summed E-state index contributed by atoms with van der Waals surface area (Å²) >= 11 is 3.98. The van der Waals surface area contributed by atoms with Gasteiger partial charge in [0.2, 0.25) is 5.60 Å². The number of amides is 1. The number of hydrogen-bond acceptors (Lipinski definition) is 6. The molecule has 1 amide bonds. The molecule has 2 heterocycles. The standard InChI is InChI=1S/C10H13NO5S/c1-4-7(13)10(15,9(14)11-4)6(12)3-2-5-8(17)16-5/h2-5,7-8,13,15,17H,1H3,(H,11,14)/b3-2+. The average Bonchev–Trinajstić information content (AvgIpc) is 2.94. The predicted octanol–water partition coefficient (Wildman–Crippen LogP) is -1.62. The lowest BCUT2D eigenvalue weighted by Gasteiger charge is -2.20. The summed E-state index contributed by atoms with van der Waals surface area (Å²) in [5.74, 6) is -1.74. The van der Waals surface area contributed by atoms with E-state index >= 15 is 0 Å². The van der Waals surface area contributed by atoms with Crippen molar-refractivity contribution in [3.63, 3.8) is 0 Å². The molecule has 2 fully saturated rings. The van der Waals surface area contributed by atoms with Crippen molar-refractivity contribution < 1.29 is 24.5 Å². The zero-order chi connectivity index (χ0) is 12.8. The molecule has 0 aromatic heterocycles. The van der Waals surface area contributed by atoms with Gasteiger partial charge in [0.25, 0.3) is 5.91 Å². The van der Waals surface area contributed by atoms with Crippen molar-refractivity contribution in [3.05, 3.63) is 12.2 Å². The maximum atomic E-state index is 11.7. The molecule has 17 heavy (non-hydrogen) atoms. The van der Waals surface area contributed by atoms with Gasteiger partial charge in [0, 0.05) is 0 Å². The molecule has 7 heteroatoms. The van der Waals surface area contributed by atoms with E-state index in [-0.39, 0.29) is 11.5 Å². The SMILES string of the molecule is CC1NC(=O)C(O)(C(=O)/C=C/C2OC2S)C1O. The highest BCUT2D eigenvalue weighted by molar-refractivity contribution is 7.81. The molecule has 0 bridgehead atoms. The number of nitrogens with one attached hydrogen (secondary N) is 1. The zero-order valence-electron chi connectivity index (χ0n) is 9.03. The van der Waals surface area contributed by atoms with Gasteiger partial charge in [-0.15, -0.1) is 12.6 Å². The lowest BCUT2D eigenvalue weighted by atomic mass is 9.91. The third kappa shape index (κ3) is 1.99. The summed E-state index contributed by atoms with van der Waals surface area (Å²) in [5, 5.41) is 21.9. The number of carbonyl (C=O) groups excluding carboxylic acids is 2. The van der Waals surface area contributed by atoms with E-state index < -0.39 is 29.4 Å². The summed E-state index contributed by atoms with van der Waals surface area (Å²) in [6, 6.07) is -0.667. The van der Waals surface area contributed by atoms with E-state index in [1.54, 1.807) is 0 Å². The fourth-order valence-corrected chi connectivity index (χ4v) is 1.95. The molecule has 0 aromatic rings. The maximum absolute atomic E-state index is 11.7. The second-order valence-electron chi connectivity index (χ2n) is 4.19. The molecule has 6 nitrogen and oxygen atoms in total. The number of aliphatic hydroxyl groups excluding tert-OH is 1. The molecule has 5 unspecified atom stereocenters. The van der Waals surface area contributed by atoms with Crippen LogP contribution in [-0.2, 0) is 14.3 Å². The second kappa shape index (κ2) is 4.09. The van der Waals surface area contributed by atoms with Crippen molar-refractivity contribution >= 4 is 24.3 Å². The van der Waals surface area contributed by atoms with Crippen LogP contribution in [0.2, 0.25) is 0 Å². The van der Waals surface area contributed by atoms with Gasteiger partial charge in [-0.2, -0.15) is 0 Å². The first kappa shape index (κ1) is 12.6. The largest absolute Gasteiger partial charge is 0.387 e. The first-order valence-corrected chi connectivity index (χ1v) is 5.66. The van der Waals surface area contributed by atoms with Crippen LogP contribution in [0.3, 0.4) is 0 Å². The highest BCUT2D eigenvalue weighted by atomic mass is 32.1. The van der Waals surface area contributed by atoms with Gasteiger partial charge >= 0.3 is 0 Å². The van der Waals surface area contributed by atoms with E-state index in [9.17, 15) is 19.8 Å². The number of carbonyl (C=O) groups is 2. The highest BCUT2D eigenvalue weighted by Crippen LogP contribution is 2.27. The summed E-state index contributed by atoms with van der Waals surface area (Å²) in [6.07, 6.45) is 0.701. The van der Waals surface area contributed by atoms with Crippen LogP contribution < -0.4 is 5.32 Å². The van der Waals surface area contributed by atoms with Crippen molar-refractivity contribution in [1.29, 1.82) is 0 Å². The molecule has 5 atom stereocenters. The summed E-state index contributed by atoms with van der Waals surface area (Å²) < 4.78 is 4.92. The van der Waals surface area contributed by atoms with Crippen molar-refractivity contribution in [2.24, 2.45) is 0 Å². The number of ketones is 1. The molecule has 2 aliphatic rings. The van der Waals surface area contributed by atoms with E-state index in [2.05, 4.69) is 17.9 Å². The van der Waals surface area contributed by atoms with Crippen LogP contribution in [0.15, 0.2) is 12.2 Å². The van der Waals surface area contributed by atoms with Crippen molar-refractivity contribution in [1.82, 2.24) is 5.32 Å². The number of rotatable bonds is 3. The van der Waals surface area contributed by atoms with E-state index in [0.717, 1.165) is 6.08 Å². The Hall–Kier alpha value is -0.890. The van der Waals surface area contributed by atoms with Crippen LogP contribution >= 0.6 is 12.6 Å². The molecule has 2 rings (SSSR count). The van der Waals surface area contributed by atoms with Crippen LogP contribution in [-0.4, -0.2) is 51.2 Å². The molecule has 0 radical (unpaired) electrons. The molecule has 0 aliphatic carbocycles. The summed E-state index contributed by atoms with van der Waals surface area (Å²) in [6.45, 7) is 1.51. The predicted molar refractivity (Wildman–Crippen MR) is 60.4 cm³/mol. The Morgan fingerprint density at radius 1 is 1.65 bits per heavy atom. The first-order chi connectivity index (χ1) is 7.87. The minimum Gasteiger partial charge on any atom is -0.387 e. The topological polar surface area (TPSA) is 99.2 Å². The third-order valence-electron chi connectivity index (χ3n) is 2.92. The maximum Gasteiger partial charge on any atom is 0.263 e. The average molecular weight is 259 g/mol. The number of thiol groups is 1. The van der Waals surface area contributed by atoms with Gasteiger partial charge in [0.05, 0.1) is 6.04 Å². The number of aliphatic hydroxyl groups is 2. The fraction of sp³-hybridized carbons (Fsp3) is 0.600. The van der Waals surface area contributed by atoms with Gasteiger partial charge in [-0.1, -0.05) is 0 Å². The van der Waals surface area contributed by atoms with Gasteiger partial charge in [0.15, 0.2) is 5.78 Å². The summed E-state index contributed by atoms with van der Waals surface area (Å²) in [7, 11) is 0. The quantitative estimate of drug-likeness (QED) is 0.211. The van der Waals surface area contributed by atoms with Crippen molar-refractivity contribution in [2.75, 3.05) is 0 Å². The third-order valence-corrected chi connectivity index (χ3v) is 3.34. The summed E-state index contributed by atoms with van der Waals surface area (Å²) in [5.41, 5.74) is -2.66. The second-order valence-corrected chi connectivity index (χ2v) is 4.70. The Morgan fingerprint density at radius 2 is 2.24 bits per heavy atom. The highest BCUT2D eigenvalue weighted by Gasteiger charge is 2.56. The van der Waals surface area contributed by atoms with Gasteiger partial charge in [0.1, 0.15) is 17.6 Å². The number of epoxide rings is 1. The van der Waals surface area contributed by atoms with Gasteiger partial charge in [-0.05, 0) is 19.1 Å². The molecule has 2 saturated heterocycles. The zero-order valence-corrected chi connectivity index (χ0v) is 9.92. The molecule has 2 aliphatic heterocycles. The Kier molecular flexibility index (Phi) is 3.03. The minimum atomic E-state index is -2.41. The monoisotopic (exact) mass is 259 g/mol. The Morgan fingerprint density at radius 3 is 2.65 bits per heavy atom. The van der Waals surface area contributed by atoms with Gasteiger partial charge in [-0.3, -0.25) is 9.59 Å². The minimum absolute atomic E-state index is 0.255. The van der Waals surface area contributed by atoms with Gasteiger partial charge in [-0.25, -0.2) is 0 Å². The molecule has 94 valence electrons. The van der Waals surface area contributed by atoms with Crippen LogP contribution in [0.4, 0.5) is 0 Å². The van der Waals surface area contributed by atoms with Crippen molar-refractivity contribution in [3.8, 4) is 0 Å². The van der Waals surface area contributed by atoms with E-state index in [0.29, 0.717) is 0 Å². The Balaban J connectivity index is 2.12. The van der Waals surface area contributed by atoms with Crippen LogP contribution in [0.25, 0.3) is 0 Å². The fourth-order valence-electron chi connectivity index (χ4n) is 1.71. The normalized spacial score (nSPS) is 45.1. The number of hydrogen-bond donors (Lipinski definition) is 4. The number of ether oxygens (including phenoxy) is 1. The van der Waals surface area contributed by atoms with E-state index in [1.807, 2.05) is 0 Å². The van der Waals surface area contributed by atoms with Crippen LogP contribution in [0, 0.1) is 0 Å². The van der Waals surface area contributed by atoms with Crippen molar-refractivity contribution in [2.45, 2.75) is 36.2 Å². The van der Waals surface area contributed by atoms with Crippen LogP contribution in [0.1, 0.15) is 6.92 Å².